The Morgan fingerprint density at radius 3 is 1.79 bits per heavy atom. The van der Waals surface area contributed by atoms with Gasteiger partial charge in [0.1, 0.15) is 42.0 Å². The Morgan fingerprint density at radius 1 is 0.724 bits per heavy atom. The molecule has 1 aliphatic heterocycles. The molecule has 420 valence electrons. The SMILES string of the molecule is COc1ccc(C(OCC(COP(OCCC#N)N(C(C)C)C(C)C)NC(=O)CCCCCCCCCCCOC2OC(COC(C)=O)C(C)C(OC(C)=O)C2NC(C)=O)(c2ccccc2)c2ccc(OC)cc2)cc1. The third kappa shape index (κ3) is 20.3. The smallest absolute Gasteiger partial charge is 0.302 e. The van der Waals surface area contributed by atoms with Crippen molar-refractivity contribution in [2.75, 3.05) is 47.3 Å². The Balaban J connectivity index is 1.37. The minimum atomic E-state index is -1.60. The standard InChI is InChI=1S/C58H85N4O13P/c1-41(2)62(42(3)4)76(72-37-23-35-59)73-39-50(38-71-58(47-24-19-18-20-25-47,48-27-31-51(67-9)32-28-48)49-29-33-52(68-10)34-30-49)61-54(66)26-21-16-14-12-11-13-15-17-22-36-69-57-55(60-44(6)63)56(74-46(8)65)43(5)53(75-57)40-70-45(7)64/h18-20,24-25,27-34,41-43,50,53,55-57H,11-17,21-23,26,36-40H2,1-10H3,(H,60,63)(H,61,66). The van der Waals surface area contributed by atoms with E-state index >= 15 is 0 Å². The Kier molecular flexibility index (Phi) is 28.2. The zero-order valence-corrected chi connectivity index (χ0v) is 47.5. The van der Waals surface area contributed by atoms with Crippen LogP contribution in [-0.2, 0) is 57.5 Å². The number of carbonyl (C=O) groups excluding carboxylic acids is 4. The molecule has 3 aromatic carbocycles. The Bertz CT molecular complexity index is 2160. The number of hydrogen-bond acceptors (Lipinski definition) is 15. The number of nitriles is 1. The van der Waals surface area contributed by atoms with Crippen LogP contribution in [0.15, 0.2) is 78.9 Å². The molecule has 1 heterocycles. The van der Waals surface area contributed by atoms with E-state index < -0.39 is 56.6 Å². The Morgan fingerprint density at radius 2 is 1.28 bits per heavy atom. The number of carbonyl (C=O) groups is 4. The molecule has 1 saturated heterocycles. The summed E-state index contributed by atoms with van der Waals surface area (Å²) in [5.41, 5.74) is 1.49. The predicted octanol–water partition coefficient (Wildman–Crippen LogP) is 10.1. The zero-order valence-electron chi connectivity index (χ0n) is 46.6. The van der Waals surface area contributed by atoms with Crippen LogP contribution in [0.4, 0.5) is 0 Å². The van der Waals surface area contributed by atoms with Gasteiger partial charge in [-0.3, -0.25) is 19.2 Å². The summed E-state index contributed by atoms with van der Waals surface area (Å²) in [5.74, 6) is -0.332. The van der Waals surface area contributed by atoms with Crippen LogP contribution in [0.5, 0.6) is 11.5 Å². The predicted molar refractivity (Wildman–Crippen MR) is 291 cm³/mol. The van der Waals surface area contributed by atoms with E-state index in [2.05, 4.69) is 49.1 Å². The lowest BCUT2D eigenvalue weighted by molar-refractivity contribution is -0.260. The molecular weight excluding hydrogens is 992 g/mol. The number of nitrogens with zero attached hydrogens (tertiary/aromatic N) is 2. The summed E-state index contributed by atoms with van der Waals surface area (Å²) in [6, 6.07) is 26.7. The average Bonchev–Trinajstić information content (AvgIpc) is 3.39. The van der Waals surface area contributed by atoms with Gasteiger partial charge >= 0.3 is 11.9 Å². The molecule has 0 aromatic heterocycles. The number of ether oxygens (including phenoxy) is 7. The Hall–Kier alpha value is -5.18. The molecular formula is C58H85N4O13P. The monoisotopic (exact) mass is 1080 g/mol. The maximum absolute atomic E-state index is 13.9. The van der Waals surface area contributed by atoms with Gasteiger partial charge in [-0.05, 0) is 81.5 Å². The molecule has 0 saturated carbocycles. The number of hydrogen-bond donors (Lipinski definition) is 2. The van der Waals surface area contributed by atoms with Crippen LogP contribution in [0.2, 0.25) is 0 Å². The number of benzene rings is 3. The molecule has 0 bridgehead atoms. The lowest BCUT2D eigenvalue weighted by atomic mass is 9.80. The van der Waals surface area contributed by atoms with Gasteiger partial charge in [-0.2, -0.15) is 5.26 Å². The summed E-state index contributed by atoms with van der Waals surface area (Å²) in [4.78, 5) is 49.7. The van der Waals surface area contributed by atoms with E-state index in [1.165, 1.54) is 20.8 Å². The lowest BCUT2D eigenvalue weighted by Gasteiger charge is -2.44. The van der Waals surface area contributed by atoms with Crippen LogP contribution in [0, 0.1) is 17.2 Å². The first-order chi connectivity index (χ1) is 36.5. The largest absolute Gasteiger partial charge is 0.497 e. The van der Waals surface area contributed by atoms with Gasteiger partial charge in [-0.25, -0.2) is 4.67 Å². The highest BCUT2D eigenvalue weighted by atomic mass is 31.2. The second kappa shape index (κ2) is 33.9. The highest BCUT2D eigenvalue weighted by Gasteiger charge is 2.47. The minimum absolute atomic E-state index is 0.0331. The van der Waals surface area contributed by atoms with Gasteiger partial charge in [0.25, 0.3) is 8.53 Å². The van der Waals surface area contributed by atoms with Crippen LogP contribution < -0.4 is 20.1 Å². The van der Waals surface area contributed by atoms with Crippen molar-refractivity contribution in [3.8, 4) is 17.6 Å². The third-order valence-corrected chi connectivity index (χ3v) is 15.2. The fourth-order valence-corrected chi connectivity index (χ4v) is 11.0. The third-order valence-electron chi connectivity index (χ3n) is 13.1. The molecule has 2 N–H and O–H groups in total. The summed E-state index contributed by atoms with van der Waals surface area (Å²) in [6.07, 6.45) is 6.85. The van der Waals surface area contributed by atoms with E-state index in [4.69, 9.17) is 42.2 Å². The van der Waals surface area contributed by atoms with Gasteiger partial charge < -0.3 is 52.8 Å². The van der Waals surface area contributed by atoms with Crippen molar-refractivity contribution in [2.45, 2.75) is 174 Å². The average molecular weight is 1080 g/mol. The van der Waals surface area contributed by atoms with E-state index in [-0.39, 0.29) is 62.7 Å². The highest BCUT2D eigenvalue weighted by molar-refractivity contribution is 7.44. The topological polar surface area (TPSA) is 202 Å². The number of esters is 2. The summed E-state index contributed by atoms with van der Waals surface area (Å²) in [5, 5.41) is 15.5. The minimum Gasteiger partial charge on any atom is -0.497 e. The molecule has 7 unspecified atom stereocenters. The molecule has 2 amide bonds. The van der Waals surface area contributed by atoms with Crippen LogP contribution in [0.3, 0.4) is 0 Å². The number of amides is 2. The van der Waals surface area contributed by atoms with E-state index in [1.54, 1.807) is 14.2 Å². The number of unbranched alkanes of at least 4 members (excludes halogenated alkanes) is 8. The number of methoxy groups -OCH3 is 2. The van der Waals surface area contributed by atoms with E-state index in [9.17, 15) is 24.4 Å². The lowest BCUT2D eigenvalue weighted by Crippen LogP contribution is -2.63. The zero-order chi connectivity index (χ0) is 55.5. The van der Waals surface area contributed by atoms with Crippen molar-refractivity contribution >= 4 is 32.3 Å². The number of rotatable bonds is 35. The molecule has 1 fully saturated rings. The quantitative estimate of drug-likeness (QED) is 0.0244. The molecule has 1 aliphatic rings. The molecule has 0 aliphatic carbocycles. The second-order valence-electron chi connectivity index (χ2n) is 19.7. The molecule has 3 aromatic rings. The van der Waals surface area contributed by atoms with Crippen molar-refractivity contribution in [3.63, 3.8) is 0 Å². The maximum atomic E-state index is 13.9. The van der Waals surface area contributed by atoms with Crippen LogP contribution in [0.1, 0.15) is 143 Å². The van der Waals surface area contributed by atoms with Crippen molar-refractivity contribution in [1.82, 2.24) is 15.3 Å². The number of nitrogens with one attached hydrogen (secondary N) is 2. The first-order valence-electron chi connectivity index (χ1n) is 26.9. The maximum Gasteiger partial charge on any atom is 0.302 e. The van der Waals surface area contributed by atoms with E-state index in [1.807, 2.05) is 85.8 Å². The van der Waals surface area contributed by atoms with Crippen molar-refractivity contribution in [1.29, 1.82) is 5.26 Å². The van der Waals surface area contributed by atoms with Gasteiger partial charge in [0.05, 0.1) is 52.6 Å². The van der Waals surface area contributed by atoms with Gasteiger partial charge in [0.15, 0.2) is 6.29 Å². The van der Waals surface area contributed by atoms with Crippen molar-refractivity contribution < 1.29 is 61.4 Å². The fraction of sp³-hybridized carbons (Fsp3) is 0.603. The highest BCUT2D eigenvalue weighted by Crippen LogP contribution is 2.47. The normalized spacial score (nSPS) is 18.4. The van der Waals surface area contributed by atoms with E-state index in [0.29, 0.717) is 24.5 Å². The fourth-order valence-electron chi connectivity index (χ4n) is 9.39. The Labute approximate surface area is 453 Å². The van der Waals surface area contributed by atoms with Crippen LogP contribution >= 0.6 is 8.53 Å². The first kappa shape index (κ1) is 63.4. The summed E-state index contributed by atoms with van der Waals surface area (Å²) in [6.45, 7) is 14.9. The van der Waals surface area contributed by atoms with Crippen LogP contribution in [0.25, 0.3) is 0 Å². The van der Waals surface area contributed by atoms with Gasteiger partial charge in [0, 0.05) is 51.8 Å². The summed E-state index contributed by atoms with van der Waals surface area (Å²) >= 11 is 0. The molecule has 17 nitrogen and oxygen atoms in total. The van der Waals surface area contributed by atoms with E-state index in [0.717, 1.165) is 74.5 Å². The molecule has 7 atom stereocenters. The van der Waals surface area contributed by atoms with Crippen molar-refractivity contribution in [3.05, 3.63) is 95.6 Å². The van der Waals surface area contributed by atoms with Crippen LogP contribution in [-0.4, -0.2) is 118 Å². The van der Waals surface area contributed by atoms with Gasteiger partial charge in [-0.1, -0.05) is 106 Å². The van der Waals surface area contributed by atoms with Crippen molar-refractivity contribution in [2.24, 2.45) is 5.92 Å². The summed E-state index contributed by atoms with van der Waals surface area (Å²) < 4.78 is 56.6. The molecule has 0 spiro atoms. The molecule has 76 heavy (non-hydrogen) atoms. The second-order valence-corrected chi connectivity index (χ2v) is 21.2. The molecule has 18 heteroatoms. The van der Waals surface area contributed by atoms with Gasteiger partial charge in [0.2, 0.25) is 11.8 Å². The molecule has 4 rings (SSSR count). The summed E-state index contributed by atoms with van der Waals surface area (Å²) in [7, 11) is 1.67. The first-order valence-corrected chi connectivity index (χ1v) is 28.0. The van der Waals surface area contributed by atoms with Gasteiger partial charge in [-0.15, -0.1) is 0 Å². The molecule has 0 radical (unpaired) electrons.